The molecule has 6 nitrogen and oxygen atoms in total. The number of carbonyl (C=O) groups is 1. The molecule has 3 rings (SSSR count). The van der Waals surface area contributed by atoms with E-state index in [1.54, 1.807) is 30.3 Å². The summed E-state index contributed by atoms with van der Waals surface area (Å²) in [5.74, 6) is 0.166. The van der Waals surface area contributed by atoms with Crippen LogP contribution in [0.5, 0.6) is 0 Å². The molecule has 1 aromatic heterocycles. The largest absolute Gasteiger partial charge is 0.354 e. The summed E-state index contributed by atoms with van der Waals surface area (Å²) in [7, 11) is 0. The van der Waals surface area contributed by atoms with Crippen LogP contribution >= 0.6 is 0 Å². The van der Waals surface area contributed by atoms with Gasteiger partial charge < -0.3 is 10.6 Å². The maximum Gasteiger partial charge on any atom is 0.274 e. The van der Waals surface area contributed by atoms with E-state index in [0.717, 1.165) is 18.7 Å². The van der Waals surface area contributed by atoms with E-state index in [2.05, 4.69) is 32.7 Å². The molecular formula is C21H23N5O. The summed E-state index contributed by atoms with van der Waals surface area (Å²) in [4.78, 5) is 21.2. The van der Waals surface area contributed by atoms with Gasteiger partial charge in [-0.05, 0) is 69.4 Å². The van der Waals surface area contributed by atoms with Crippen molar-refractivity contribution in [3.05, 3.63) is 58.9 Å². The summed E-state index contributed by atoms with van der Waals surface area (Å²) in [6.45, 7) is 2.60. The molecular weight excluding hydrogens is 338 g/mol. The number of anilines is 2. The van der Waals surface area contributed by atoms with Gasteiger partial charge in [0.05, 0.1) is 11.6 Å². The first-order valence-electron chi connectivity index (χ1n) is 9.23. The van der Waals surface area contributed by atoms with Crippen LogP contribution in [0.4, 0.5) is 11.6 Å². The Kier molecular flexibility index (Phi) is 6.16. The van der Waals surface area contributed by atoms with Gasteiger partial charge in [-0.2, -0.15) is 5.26 Å². The fourth-order valence-electron chi connectivity index (χ4n) is 3.05. The van der Waals surface area contributed by atoms with Crippen LogP contribution in [0.3, 0.4) is 0 Å². The van der Waals surface area contributed by atoms with Crippen molar-refractivity contribution >= 4 is 17.5 Å². The number of nitrogens with zero attached hydrogens (tertiary/aromatic N) is 3. The third kappa shape index (κ3) is 5.38. The molecule has 0 aliphatic heterocycles. The van der Waals surface area contributed by atoms with Gasteiger partial charge in [0.2, 0.25) is 5.95 Å². The van der Waals surface area contributed by atoms with Gasteiger partial charge in [0.1, 0.15) is 5.69 Å². The lowest BCUT2D eigenvalue weighted by Crippen LogP contribution is -2.16. The van der Waals surface area contributed by atoms with Gasteiger partial charge in [0.15, 0.2) is 0 Å². The smallest absolute Gasteiger partial charge is 0.274 e. The second-order valence-corrected chi connectivity index (χ2v) is 6.65. The zero-order valence-corrected chi connectivity index (χ0v) is 15.5. The number of hydrogen-bond donors (Lipinski definition) is 2. The van der Waals surface area contributed by atoms with Crippen LogP contribution < -0.4 is 10.6 Å². The average molecular weight is 361 g/mol. The monoisotopic (exact) mass is 361 g/mol. The fraction of sp³-hybridized carbons (Fsp3) is 0.333. The molecule has 0 fully saturated rings. The van der Waals surface area contributed by atoms with E-state index in [1.807, 2.05) is 6.92 Å². The SMILES string of the molecule is Cc1cc(C(=O)Nc2ccc(C#N)cc2)nc(NCCC2=CCCCC2)n1. The van der Waals surface area contributed by atoms with Crippen molar-refractivity contribution in [3.63, 3.8) is 0 Å². The van der Waals surface area contributed by atoms with Crippen molar-refractivity contribution in [2.75, 3.05) is 17.2 Å². The highest BCUT2D eigenvalue weighted by Gasteiger charge is 2.11. The Morgan fingerprint density at radius 2 is 2.04 bits per heavy atom. The highest BCUT2D eigenvalue weighted by atomic mass is 16.1. The van der Waals surface area contributed by atoms with Crippen molar-refractivity contribution in [1.82, 2.24) is 9.97 Å². The number of nitriles is 1. The van der Waals surface area contributed by atoms with Gasteiger partial charge >= 0.3 is 0 Å². The molecule has 0 spiro atoms. The standard InChI is InChI=1S/C21H23N5O/c1-15-13-19(20(27)25-18-9-7-17(14-22)8-10-18)26-21(24-15)23-12-11-16-5-3-2-4-6-16/h5,7-10,13H,2-4,6,11-12H2,1H3,(H,25,27)(H,23,24,26). The second-order valence-electron chi connectivity index (χ2n) is 6.65. The van der Waals surface area contributed by atoms with Crippen molar-refractivity contribution in [3.8, 4) is 6.07 Å². The first-order valence-corrected chi connectivity index (χ1v) is 9.23. The normalized spacial score (nSPS) is 13.4. The topological polar surface area (TPSA) is 90.7 Å². The molecule has 0 bridgehead atoms. The van der Waals surface area contributed by atoms with Gasteiger partial charge in [-0.1, -0.05) is 11.6 Å². The van der Waals surface area contributed by atoms with Gasteiger partial charge in [0, 0.05) is 17.9 Å². The molecule has 1 heterocycles. The number of rotatable bonds is 6. The molecule has 138 valence electrons. The van der Waals surface area contributed by atoms with Gasteiger partial charge in [0.25, 0.3) is 5.91 Å². The Bertz CT molecular complexity index is 880. The predicted molar refractivity (Wildman–Crippen MR) is 106 cm³/mol. The van der Waals surface area contributed by atoms with Crippen LogP contribution in [0, 0.1) is 18.3 Å². The van der Waals surface area contributed by atoms with E-state index >= 15 is 0 Å². The number of allylic oxidation sites excluding steroid dienone is 1. The number of hydrogen-bond acceptors (Lipinski definition) is 5. The molecule has 1 aliphatic rings. The minimum absolute atomic E-state index is 0.303. The molecule has 2 aromatic rings. The molecule has 0 saturated carbocycles. The summed E-state index contributed by atoms with van der Waals surface area (Å²) in [5, 5.41) is 14.9. The third-order valence-electron chi connectivity index (χ3n) is 4.47. The quantitative estimate of drug-likeness (QED) is 0.752. The molecule has 0 radical (unpaired) electrons. The average Bonchev–Trinajstić information content (AvgIpc) is 2.69. The minimum atomic E-state index is -0.303. The van der Waals surface area contributed by atoms with Gasteiger partial charge in [-0.15, -0.1) is 0 Å². The van der Waals surface area contributed by atoms with Crippen molar-refractivity contribution in [1.29, 1.82) is 5.26 Å². The zero-order chi connectivity index (χ0) is 19.1. The number of aromatic nitrogens is 2. The lowest BCUT2D eigenvalue weighted by molar-refractivity contribution is 0.102. The summed E-state index contributed by atoms with van der Waals surface area (Å²) in [6.07, 6.45) is 8.22. The van der Waals surface area contributed by atoms with Crippen LogP contribution in [0.1, 0.15) is 53.8 Å². The van der Waals surface area contributed by atoms with Crippen LogP contribution in [-0.2, 0) is 0 Å². The zero-order valence-electron chi connectivity index (χ0n) is 15.5. The molecule has 1 amide bonds. The molecule has 0 unspecified atom stereocenters. The number of aryl methyl sites for hydroxylation is 1. The van der Waals surface area contributed by atoms with Crippen molar-refractivity contribution in [2.24, 2.45) is 0 Å². The van der Waals surface area contributed by atoms with Crippen LogP contribution in [0.15, 0.2) is 42.0 Å². The molecule has 1 aromatic carbocycles. The molecule has 0 atom stereocenters. The Balaban J connectivity index is 1.62. The third-order valence-corrected chi connectivity index (χ3v) is 4.47. The van der Waals surface area contributed by atoms with Crippen molar-refractivity contribution < 1.29 is 4.79 Å². The van der Waals surface area contributed by atoms with E-state index in [-0.39, 0.29) is 5.91 Å². The van der Waals surface area contributed by atoms with E-state index < -0.39 is 0 Å². The van der Waals surface area contributed by atoms with Crippen LogP contribution in [0.25, 0.3) is 0 Å². The first kappa shape index (κ1) is 18.6. The number of benzene rings is 1. The Labute approximate surface area is 159 Å². The first-order chi connectivity index (χ1) is 13.1. The summed E-state index contributed by atoms with van der Waals surface area (Å²) >= 11 is 0. The minimum Gasteiger partial charge on any atom is -0.354 e. The lowest BCUT2D eigenvalue weighted by atomic mass is 9.97. The molecule has 27 heavy (non-hydrogen) atoms. The summed E-state index contributed by atoms with van der Waals surface area (Å²) in [5.41, 5.74) is 3.69. The Morgan fingerprint density at radius 3 is 2.74 bits per heavy atom. The highest BCUT2D eigenvalue weighted by molar-refractivity contribution is 6.03. The van der Waals surface area contributed by atoms with Crippen LogP contribution in [0.2, 0.25) is 0 Å². The van der Waals surface area contributed by atoms with E-state index in [9.17, 15) is 4.79 Å². The van der Waals surface area contributed by atoms with Crippen molar-refractivity contribution in [2.45, 2.75) is 39.0 Å². The van der Waals surface area contributed by atoms with E-state index in [4.69, 9.17) is 5.26 Å². The van der Waals surface area contributed by atoms with E-state index in [0.29, 0.717) is 22.9 Å². The van der Waals surface area contributed by atoms with Gasteiger partial charge in [-0.25, -0.2) is 9.97 Å². The molecule has 6 heteroatoms. The highest BCUT2D eigenvalue weighted by Crippen LogP contribution is 2.20. The number of amides is 1. The van der Waals surface area contributed by atoms with Crippen LogP contribution in [-0.4, -0.2) is 22.4 Å². The number of carbonyl (C=O) groups excluding carboxylic acids is 1. The second kappa shape index (κ2) is 8.95. The van der Waals surface area contributed by atoms with E-state index in [1.165, 1.54) is 31.3 Å². The summed E-state index contributed by atoms with van der Waals surface area (Å²) in [6, 6.07) is 10.4. The maximum absolute atomic E-state index is 12.5. The Hall–Kier alpha value is -3.20. The Morgan fingerprint density at radius 1 is 1.22 bits per heavy atom. The maximum atomic E-state index is 12.5. The number of nitrogens with one attached hydrogen (secondary N) is 2. The molecule has 2 N–H and O–H groups in total. The van der Waals surface area contributed by atoms with Gasteiger partial charge in [-0.3, -0.25) is 4.79 Å². The summed E-state index contributed by atoms with van der Waals surface area (Å²) < 4.78 is 0. The predicted octanol–water partition coefficient (Wildman–Crippen LogP) is 4.21. The molecule has 0 saturated heterocycles. The molecule has 1 aliphatic carbocycles. The lowest BCUT2D eigenvalue weighted by Gasteiger charge is -2.13. The fourth-order valence-corrected chi connectivity index (χ4v) is 3.05.